The molecule has 0 saturated heterocycles. The van der Waals surface area contributed by atoms with Crippen LogP contribution in [0.4, 0.5) is 4.39 Å². The van der Waals surface area contributed by atoms with Gasteiger partial charge in [-0.1, -0.05) is 18.2 Å². The second kappa shape index (κ2) is 9.08. The molecule has 0 unspecified atom stereocenters. The minimum atomic E-state index is -0.503. The Morgan fingerprint density at radius 3 is 2.30 bits per heavy atom. The summed E-state index contributed by atoms with van der Waals surface area (Å²) in [5, 5.41) is 0. The molecule has 0 radical (unpaired) electrons. The largest absolute Gasteiger partial charge is 0.454 e. The number of benzene rings is 2. The van der Waals surface area contributed by atoms with E-state index in [1.165, 1.54) is 12.1 Å². The highest BCUT2D eigenvalue weighted by atomic mass is 19.1. The number of aromatic nitrogens is 1. The summed E-state index contributed by atoms with van der Waals surface area (Å²) in [5.74, 6) is -0.986. The van der Waals surface area contributed by atoms with Crippen molar-refractivity contribution in [3.05, 3.63) is 93.6 Å². The Morgan fingerprint density at radius 1 is 0.933 bits per heavy atom. The number of nitrogens with zero attached hydrogens (tertiary/aromatic N) is 1. The van der Waals surface area contributed by atoms with Crippen molar-refractivity contribution in [2.45, 2.75) is 40.7 Å². The van der Waals surface area contributed by atoms with E-state index in [2.05, 4.69) is 4.57 Å². The van der Waals surface area contributed by atoms with E-state index in [-0.39, 0.29) is 18.2 Å². The van der Waals surface area contributed by atoms with Gasteiger partial charge in [0.05, 0.1) is 5.56 Å². The predicted octanol–water partition coefficient (Wildman–Crippen LogP) is 5.14. The second-order valence-corrected chi connectivity index (χ2v) is 7.61. The van der Waals surface area contributed by atoms with E-state index < -0.39 is 5.97 Å². The maximum Gasteiger partial charge on any atom is 0.338 e. The van der Waals surface area contributed by atoms with Gasteiger partial charge in [-0.15, -0.1) is 0 Å². The molecule has 0 fully saturated rings. The number of rotatable bonds is 7. The molecule has 0 bridgehead atoms. The molecule has 0 saturated carbocycles. The molecular formula is C25H26FNO3. The molecular weight excluding hydrogens is 381 g/mol. The molecule has 1 heterocycles. The number of hydrogen-bond acceptors (Lipinski definition) is 3. The van der Waals surface area contributed by atoms with Crippen LogP contribution < -0.4 is 0 Å². The highest BCUT2D eigenvalue weighted by Gasteiger charge is 2.18. The SMILES string of the molecule is Cc1ccc(C(=O)OCC(=O)c2cc(C)n(CCc3ccc(F)cc3)c2C)cc1C. The van der Waals surface area contributed by atoms with Crippen LogP contribution in [0.25, 0.3) is 0 Å². The Bertz CT molecular complexity index is 1080. The summed E-state index contributed by atoms with van der Waals surface area (Å²) < 4.78 is 20.4. The van der Waals surface area contributed by atoms with Gasteiger partial charge < -0.3 is 9.30 Å². The van der Waals surface area contributed by atoms with Gasteiger partial charge in [0.2, 0.25) is 5.78 Å². The Hall–Kier alpha value is -3.21. The highest BCUT2D eigenvalue weighted by molar-refractivity contribution is 6.00. The first-order valence-electron chi connectivity index (χ1n) is 9.95. The van der Waals surface area contributed by atoms with Crippen LogP contribution in [0.3, 0.4) is 0 Å². The third-order valence-electron chi connectivity index (χ3n) is 5.49. The smallest absolute Gasteiger partial charge is 0.338 e. The lowest BCUT2D eigenvalue weighted by molar-refractivity contribution is 0.0474. The van der Waals surface area contributed by atoms with E-state index >= 15 is 0 Å². The summed E-state index contributed by atoms with van der Waals surface area (Å²) in [7, 11) is 0. The Morgan fingerprint density at radius 2 is 1.63 bits per heavy atom. The molecule has 3 rings (SSSR count). The van der Waals surface area contributed by atoms with Crippen molar-refractivity contribution in [1.29, 1.82) is 0 Å². The summed E-state index contributed by atoms with van der Waals surface area (Å²) in [5.41, 5.74) is 5.91. The first-order chi connectivity index (χ1) is 14.3. The lowest BCUT2D eigenvalue weighted by Gasteiger charge is -2.10. The van der Waals surface area contributed by atoms with Gasteiger partial charge in [0.15, 0.2) is 6.61 Å². The maximum absolute atomic E-state index is 13.1. The van der Waals surface area contributed by atoms with E-state index in [1.54, 1.807) is 24.3 Å². The zero-order valence-corrected chi connectivity index (χ0v) is 17.8. The molecule has 156 valence electrons. The molecule has 0 aliphatic rings. The molecule has 0 aliphatic carbocycles. The summed E-state index contributed by atoms with van der Waals surface area (Å²) in [4.78, 5) is 24.9. The Kier molecular flexibility index (Phi) is 6.50. The number of ether oxygens (including phenoxy) is 1. The first-order valence-corrected chi connectivity index (χ1v) is 9.95. The van der Waals surface area contributed by atoms with Gasteiger partial charge in [0.25, 0.3) is 0 Å². The van der Waals surface area contributed by atoms with Crippen molar-refractivity contribution in [1.82, 2.24) is 4.57 Å². The molecule has 2 aromatic carbocycles. The maximum atomic E-state index is 13.1. The molecule has 3 aromatic rings. The minimum absolute atomic E-state index is 0.228. The molecule has 0 N–H and O–H groups in total. The third kappa shape index (κ3) is 4.85. The average Bonchev–Trinajstić information content (AvgIpc) is 3.01. The van der Waals surface area contributed by atoms with E-state index in [1.807, 2.05) is 39.8 Å². The van der Waals surface area contributed by atoms with Crippen LogP contribution in [0.5, 0.6) is 0 Å². The molecule has 0 atom stereocenters. The monoisotopic (exact) mass is 407 g/mol. The summed E-state index contributed by atoms with van der Waals surface area (Å²) >= 11 is 0. The molecule has 0 spiro atoms. The molecule has 0 aliphatic heterocycles. The number of Topliss-reactive ketones (excluding diaryl/α,β-unsaturated/α-hetero) is 1. The number of esters is 1. The van der Waals surface area contributed by atoms with Crippen LogP contribution in [-0.2, 0) is 17.7 Å². The number of aryl methyl sites for hydroxylation is 4. The van der Waals surface area contributed by atoms with Gasteiger partial charge in [0.1, 0.15) is 5.82 Å². The van der Waals surface area contributed by atoms with Crippen LogP contribution in [-0.4, -0.2) is 22.9 Å². The number of halogens is 1. The van der Waals surface area contributed by atoms with Crippen molar-refractivity contribution in [2.24, 2.45) is 0 Å². The summed E-state index contributed by atoms with van der Waals surface area (Å²) in [6.45, 7) is 8.11. The lowest BCUT2D eigenvalue weighted by Crippen LogP contribution is -2.15. The number of hydrogen-bond donors (Lipinski definition) is 0. The Labute approximate surface area is 176 Å². The van der Waals surface area contributed by atoms with E-state index in [0.29, 0.717) is 17.7 Å². The van der Waals surface area contributed by atoms with Crippen LogP contribution in [0.1, 0.15) is 48.8 Å². The Balaban J connectivity index is 1.64. The van der Waals surface area contributed by atoms with Crippen molar-refractivity contribution >= 4 is 11.8 Å². The molecule has 0 amide bonds. The minimum Gasteiger partial charge on any atom is -0.454 e. The van der Waals surface area contributed by atoms with Crippen molar-refractivity contribution < 1.29 is 18.7 Å². The summed E-state index contributed by atoms with van der Waals surface area (Å²) in [6.07, 6.45) is 0.728. The third-order valence-corrected chi connectivity index (χ3v) is 5.49. The van der Waals surface area contributed by atoms with E-state index in [9.17, 15) is 14.0 Å². The van der Waals surface area contributed by atoms with Crippen LogP contribution >= 0.6 is 0 Å². The molecule has 4 nitrogen and oxygen atoms in total. The zero-order valence-electron chi connectivity index (χ0n) is 17.8. The second-order valence-electron chi connectivity index (χ2n) is 7.61. The zero-order chi connectivity index (χ0) is 21.8. The summed E-state index contributed by atoms with van der Waals surface area (Å²) in [6, 6.07) is 13.6. The fraction of sp³-hybridized carbons (Fsp3) is 0.280. The number of ketones is 1. The van der Waals surface area contributed by atoms with Crippen LogP contribution in [0.2, 0.25) is 0 Å². The van der Waals surface area contributed by atoms with Crippen molar-refractivity contribution in [2.75, 3.05) is 6.61 Å². The normalized spacial score (nSPS) is 10.8. The standard InChI is InChI=1S/C25H26FNO3/c1-16-5-8-21(13-17(16)2)25(29)30-15-24(28)23-14-18(3)27(19(23)4)12-11-20-6-9-22(26)10-7-20/h5-10,13-14H,11-12,15H2,1-4H3. The van der Waals surface area contributed by atoms with Gasteiger partial charge >= 0.3 is 5.97 Å². The number of carbonyl (C=O) groups excluding carboxylic acids is 2. The average molecular weight is 407 g/mol. The van der Waals surface area contributed by atoms with Crippen LogP contribution in [0, 0.1) is 33.5 Å². The van der Waals surface area contributed by atoms with Gasteiger partial charge in [-0.05, 0) is 81.1 Å². The van der Waals surface area contributed by atoms with Crippen molar-refractivity contribution in [3.8, 4) is 0 Å². The highest BCUT2D eigenvalue weighted by Crippen LogP contribution is 2.18. The van der Waals surface area contributed by atoms with E-state index in [4.69, 9.17) is 4.74 Å². The molecule has 30 heavy (non-hydrogen) atoms. The molecule has 1 aromatic heterocycles. The predicted molar refractivity (Wildman–Crippen MR) is 115 cm³/mol. The van der Waals surface area contributed by atoms with Gasteiger partial charge in [-0.2, -0.15) is 0 Å². The quantitative estimate of drug-likeness (QED) is 0.402. The molecule has 5 heteroatoms. The fourth-order valence-electron chi connectivity index (χ4n) is 3.48. The topological polar surface area (TPSA) is 48.3 Å². The van der Waals surface area contributed by atoms with Crippen LogP contribution in [0.15, 0.2) is 48.5 Å². The fourth-order valence-corrected chi connectivity index (χ4v) is 3.48. The van der Waals surface area contributed by atoms with Crippen molar-refractivity contribution in [3.63, 3.8) is 0 Å². The number of carbonyl (C=O) groups is 2. The first kappa shape index (κ1) is 21.5. The van der Waals surface area contributed by atoms with Gasteiger partial charge in [-0.3, -0.25) is 4.79 Å². The van der Waals surface area contributed by atoms with Gasteiger partial charge in [-0.25, -0.2) is 9.18 Å². The van der Waals surface area contributed by atoms with E-state index in [0.717, 1.165) is 34.5 Å². The lowest BCUT2D eigenvalue weighted by atomic mass is 10.1. The van der Waals surface area contributed by atoms with Gasteiger partial charge in [0, 0.05) is 23.5 Å².